The van der Waals surface area contributed by atoms with E-state index in [1.54, 1.807) is 12.1 Å². The minimum atomic E-state index is 0.0931. The quantitative estimate of drug-likeness (QED) is 0.851. The van der Waals surface area contributed by atoms with E-state index in [2.05, 4.69) is 20.3 Å². The number of aromatic hydroxyl groups is 1. The van der Waals surface area contributed by atoms with E-state index in [1.807, 2.05) is 19.1 Å². The van der Waals surface area contributed by atoms with Gasteiger partial charge in [-0.25, -0.2) is 0 Å². The number of ether oxygens (including phenoxy) is 1. The molecule has 20 heavy (non-hydrogen) atoms. The standard InChI is InChI=1S/C13H15ClN4O2/c1-2-20-13-17-11(14)16-12(18-13)15-8-7-9-3-5-10(19)6-4-9/h3-6,19H,2,7-8H2,1H3,(H,15,16,17,18). The second kappa shape index (κ2) is 6.91. The number of aromatic nitrogens is 3. The minimum Gasteiger partial charge on any atom is -0.508 e. The number of hydrogen-bond donors (Lipinski definition) is 2. The fourth-order valence-electron chi connectivity index (χ4n) is 1.59. The van der Waals surface area contributed by atoms with Crippen molar-refractivity contribution in [3.05, 3.63) is 35.1 Å². The number of benzene rings is 1. The van der Waals surface area contributed by atoms with Crippen LogP contribution in [0.5, 0.6) is 11.8 Å². The monoisotopic (exact) mass is 294 g/mol. The Morgan fingerprint density at radius 1 is 1.20 bits per heavy atom. The summed E-state index contributed by atoms with van der Waals surface area (Å²) < 4.78 is 5.19. The number of phenolic OH excluding ortho intramolecular Hbond substituents is 1. The molecule has 0 unspecified atom stereocenters. The zero-order valence-electron chi connectivity index (χ0n) is 11.0. The molecule has 106 valence electrons. The third-order valence-electron chi connectivity index (χ3n) is 2.49. The van der Waals surface area contributed by atoms with E-state index in [1.165, 1.54) is 0 Å². The smallest absolute Gasteiger partial charge is 0.322 e. The number of halogens is 1. The zero-order chi connectivity index (χ0) is 14.4. The van der Waals surface area contributed by atoms with Crippen LogP contribution >= 0.6 is 11.6 Å². The van der Waals surface area contributed by atoms with Gasteiger partial charge in [-0.3, -0.25) is 0 Å². The molecule has 0 aliphatic carbocycles. The fourth-order valence-corrected chi connectivity index (χ4v) is 1.74. The molecular formula is C13H15ClN4O2. The molecule has 2 aromatic rings. The largest absolute Gasteiger partial charge is 0.508 e. The predicted molar refractivity (Wildman–Crippen MR) is 76.3 cm³/mol. The number of rotatable bonds is 6. The highest BCUT2D eigenvalue weighted by Crippen LogP contribution is 2.12. The Hall–Kier alpha value is -2.08. The number of nitrogens with one attached hydrogen (secondary N) is 1. The Bertz CT molecular complexity index is 563. The van der Waals surface area contributed by atoms with E-state index in [4.69, 9.17) is 16.3 Å². The van der Waals surface area contributed by atoms with Gasteiger partial charge in [0.05, 0.1) is 6.61 Å². The summed E-state index contributed by atoms with van der Waals surface area (Å²) in [5.74, 6) is 0.638. The van der Waals surface area contributed by atoms with Crippen LogP contribution in [0, 0.1) is 0 Å². The maximum atomic E-state index is 9.20. The van der Waals surface area contributed by atoms with Crippen LogP contribution < -0.4 is 10.1 Å². The molecule has 1 heterocycles. The Morgan fingerprint density at radius 3 is 2.65 bits per heavy atom. The third-order valence-corrected chi connectivity index (χ3v) is 2.66. The van der Waals surface area contributed by atoms with Gasteiger partial charge in [-0.15, -0.1) is 0 Å². The highest BCUT2D eigenvalue weighted by molar-refractivity contribution is 6.28. The maximum absolute atomic E-state index is 9.20. The first-order chi connectivity index (χ1) is 9.67. The Morgan fingerprint density at radius 2 is 1.95 bits per heavy atom. The lowest BCUT2D eigenvalue weighted by atomic mass is 10.1. The first-order valence-corrected chi connectivity index (χ1v) is 6.61. The highest BCUT2D eigenvalue weighted by Gasteiger charge is 2.05. The lowest BCUT2D eigenvalue weighted by Crippen LogP contribution is -2.10. The first-order valence-electron chi connectivity index (χ1n) is 6.23. The van der Waals surface area contributed by atoms with Gasteiger partial charge in [-0.05, 0) is 42.6 Å². The lowest BCUT2D eigenvalue weighted by Gasteiger charge is -2.07. The van der Waals surface area contributed by atoms with Crippen molar-refractivity contribution in [2.24, 2.45) is 0 Å². The van der Waals surface area contributed by atoms with Crippen LogP contribution in [0.15, 0.2) is 24.3 Å². The first kappa shape index (κ1) is 14.3. The highest BCUT2D eigenvalue weighted by atomic mass is 35.5. The summed E-state index contributed by atoms with van der Waals surface area (Å²) in [6.45, 7) is 2.94. The second-order valence-corrected chi connectivity index (χ2v) is 4.32. The molecule has 0 fully saturated rings. The van der Waals surface area contributed by atoms with Crippen molar-refractivity contribution >= 4 is 17.5 Å². The normalized spacial score (nSPS) is 10.3. The molecule has 0 saturated carbocycles. The average molecular weight is 295 g/mol. The summed E-state index contributed by atoms with van der Waals surface area (Å²) in [6.07, 6.45) is 0.771. The third kappa shape index (κ3) is 4.24. The predicted octanol–water partition coefficient (Wildman–Crippen LogP) is 2.28. The van der Waals surface area contributed by atoms with Gasteiger partial charge in [0.2, 0.25) is 11.2 Å². The number of anilines is 1. The Labute approximate surface area is 121 Å². The van der Waals surface area contributed by atoms with Crippen LogP contribution in [-0.2, 0) is 6.42 Å². The Balaban J connectivity index is 1.91. The van der Waals surface area contributed by atoms with Gasteiger partial charge >= 0.3 is 6.01 Å². The summed E-state index contributed by atoms with van der Waals surface area (Å²) >= 11 is 5.79. The maximum Gasteiger partial charge on any atom is 0.322 e. The molecule has 0 bridgehead atoms. The molecule has 1 aromatic carbocycles. The van der Waals surface area contributed by atoms with Crippen molar-refractivity contribution in [1.82, 2.24) is 15.0 Å². The molecule has 1 aromatic heterocycles. The molecular weight excluding hydrogens is 280 g/mol. The number of hydrogen-bond acceptors (Lipinski definition) is 6. The van der Waals surface area contributed by atoms with Gasteiger partial charge < -0.3 is 15.2 Å². The molecule has 6 nitrogen and oxygen atoms in total. The van der Waals surface area contributed by atoms with Crippen LogP contribution in [0.25, 0.3) is 0 Å². The van der Waals surface area contributed by atoms with Crippen LogP contribution in [0.4, 0.5) is 5.95 Å². The van der Waals surface area contributed by atoms with Gasteiger partial charge in [0, 0.05) is 6.54 Å². The SMILES string of the molecule is CCOc1nc(Cl)nc(NCCc2ccc(O)cc2)n1. The van der Waals surface area contributed by atoms with Crippen LogP contribution in [0.3, 0.4) is 0 Å². The van der Waals surface area contributed by atoms with Crippen molar-refractivity contribution in [3.8, 4) is 11.8 Å². The summed E-state index contributed by atoms with van der Waals surface area (Å²) in [7, 11) is 0. The minimum absolute atomic E-state index is 0.0931. The van der Waals surface area contributed by atoms with Gasteiger partial charge in [0.25, 0.3) is 0 Å². The molecule has 0 aliphatic rings. The van der Waals surface area contributed by atoms with Crippen LogP contribution in [0.2, 0.25) is 5.28 Å². The zero-order valence-corrected chi connectivity index (χ0v) is 11.8. The fraction of sp³-hybridized carbons (Fsp3) is 0.308. The molecule has 0 spiro atoms. The average Bonchev–Trinajstić information content (AvgIpc) is 2.41. The van der Waals surface area contributed by atoms with Crippen molar-refractivity contribution in [1.29, 1.82) is 0 Å². The van der Waals surface area contributed by atoms with E-state index in [-0.39, 0.29) is 17.0 Å². The molecule has 0 atom stereocenters. The van der Waals surface area contributed by atoms with E-state index in [0.717, 1.165) is 12.0 Å². The van der Waals surface area contributed by atoms with Gasteiger partial charge in [0.15, 0.2) is 0 Å². The molecule has 0 saturated heterocycles. The molecule has 7 heteroatoms. The van der Waals surface area contributed by atoms with Crippen molar-refractivity contribution in [3.63, 3.8) is 0 Å². The topological polar surface area (TPSA) is 80.2 Å². The van der Waals surface area contributed by atoms with Gasteiger partial charge in [0.1, 0.15) is 5.75 Å². The molecule has 2 N–H and O–H groups in total. The van der Waals surface area contributed by atoms with Crippen LogP contribution in [0.1, 0.15) is 12.5 Å². The van der Waals surface area contributed by atoms with E-state index >= 15 is 0 Å². The summed E-state index contributed by atoms with van der Waals surface area (Å²) in [5, 5.41) is 12.4. The van der Waals surface area contributed by atoms with Crippen molar-refractivity contribution in [2.45, 2.75) is 13.3 Å². The molecule has 0 radical (unpaired) electrons. The Kier molecular flexibility index (Phi) is 4.95. The molecule has 0 amide bonds. The number of phenols is 1. The lowest BCUT2D eigenvalue weighted by molar-refractivity contribution is 0.312. The van der Waals surface area contributed by atoms with Crippen molar-refractivity contribution < 1.29 is 9.84 Å². The van der Waals surface area contributed by atoms with Gasteiger partial charge in [-0.1, -0.05) is 12.1 Å². The van der Waals surface area contributed by atoms with E-state index in [0.29, 0.717) is 19.1 Å². The van der Waals surface area contributed by atoms with Crippen molar-refractivity contribution in [2.75, 3.05) is 18.5 Å². The van der Waals surface area contributed by atoms with Gasteiger partial charge in [-0.2, -0.15) is 15.0 Å². The summed E-state index contributed by atoms with van der Waals surface area (Å²) in [6, 6.07) is 7.25. The summed E-state index contributed by atoms with van der Waals surface area (Å²) in [5.41, 5.74) is 1.10. The molecule has 0 aliphatic heterocycles. The molecule has 2 rings (SSSR count). The van der Waals surface area contributed by atoms with E-state index in [9.17, 15) is 5.11 Å². The second-order valence-electron chi connectivity index (χ2n) is 3.99. The number of nitrogens with zero attached hydrogens (tertiary/aromatic N) is 3. The van der Waals surface area contributed by atoms with Crippen LogP contribution in [-0.4, -0.2) is 33.2 Å². The summed E-state index contributed by atoms with van der Waals surface area (Å²) in [4.78, 5) is 11.9. The van der Waals surface area contributed by atoms with E-state index < -0.39 is 0 Å².